The van der Waals surface area contributed by atoms with Gasteiger partial charge >= 0.3 is 0 Å². The Bertz CT molecular complexity index is 630. The Balaban J connectivity index is 0.00000200. The highest BCUT2D eigenvalue weighted by molar-refractivity contribution is 5.91. The zero-order valence-electron chi connectivity index (χ0n) is 10.6. The molecular weight excluding hydrogens is 290 g/mol. The van der Waals surface area contributed by atoms with Gasteiger partial charge in [0.25, 0.3) is 5.91 Å². The van der Waals surface area contributed by atoms with Crippen molar-refractivity contribution in [1.29, 1.82) is 0 Å². The fourth-order valence-electron chi connectivity index (χ4n) is 1.65. The number of aryl methyl sites for hydroxylation is 1. The van der Waals surface area contributed by atoms with Gasteiger partial charge in [0.05, 0.1) is 0 Å². The number of anilines is 1. The van der Waals surface area contributed by atoms with E-state index in [0.29, 0.717) is 5.82 Å². The lowest BCUT2D eigenvalue weighted by Crippen LogP contribution is -2.15. The third kappa shape index (κ3) is 3.45. The minimum Gasteiger partial charge on any atom is -0.364 e. The first-order valence-electron chi connectivity index (χ1n) is 5.49. The maximum atomic E-state index is 13.4. The molecule has 0 aliphatic rings. The molecule has 0 unspecified atom stereocenters. The first-order chi connectivity index (χ1) is 8.97. The van der Waals surface area contributed by atoms with E-state index in [1.54, 1.807) is 7.05 Å². The summed E-state index contributed by atoms with van der Waals surface area (Å²) in [5, 5.41) is 6.79. The number of carbonyl (C=O) groups excluding carboxylic acids is 1. The lowest BCUT2D eigenvalue weighted by molar-refractivity contribution is 0.0991. The van der Waals surface area contributed by atoms with Gasteiger partial charge in [-0.2, -0.15) is 5.10 Å². The number of halogens is 3. The quantitative estimate of drug-likeness (QED) is 0.905. The van der Waals surface area contributed by atoms with Crippen molar-refractivity contribution in [2.24, 2.45) is 12.8 Å². The van der Waals surface area contributed by atoms with Crippen molar-refractivity contribution < 1.29 is 13.6 Å². The fourth-order valence-corrected chi connectivity index (χ4v) is 1.65. The van der Waals surface area contributed by atoms with Crippen molar-refractivity contribution in [3.8, 4) is 0 Å². The Labute approximate surface area is 120 Å². The van der Waals surface area contributed by atoms with Crippen molar-refractivity contribution >= 4 is 24.1 Å². The largest absolute Gasteiger partial charge is 0.364 e. The monoisotopic (exact) mass is 302 g/mol. The van der Waals surface area contributed by atoms with E-state index in [2.05, 4.69) is 10.4 Å². The smallest absolute Gasteiger partial charge is 0.267 e. The summed E-state index contributed by atoms with van der Waals surface area (Å²) in [7, 11) is 1.56. The van der Waals surface area contributed by atoms with Crippen LogP contribution in [0, 0.1) is 11.6 Å². The second kappa shape index (κ2) is 6.33. The molecule has 0 saturated carbocycles. The molecule has 20 heavy (non-hydrogen) atoms. The normalized spacial score (nSPS) is 9.95. The number of primary amides is 1. The van der Waals surface area contributed by atoms with Crippen LogP contribution in [-0.4, -0.2) is 15.7 Å². The minimum absolute atomic E-state index is 0. The van der Waals surface area contributed by atoms with Crippen LogP contribution in [0.25, 0.3) is 0 Å². The molecule has 108 valence electrons. The summed E-state index contributed by atoms with van der Waals surface area (Å²) < 4.78 is 27.7. The molecular formula is C12H13ClF2N4O. The molecule has 0 spiro atoms. The van der Waals surface area contributed by atoms with Gasteiger partial charge in [-0.1, -0.05) is 0 Å². The number of hydrogen-bond donors (Lipinski definition) is 2. The molecule has 1 amide bonds. The van der Waals surface area contributed by atoms with Crippen LogP contribution in [0.15, 0.2) is 24.3 Å². The van der Waals surface area contributed by atoms with E-state index in [1.165, 1.54) is 10.7 Å². The molecule has 0 aliphatic carbocycles. The van der Waals surface area contributed by atoms with Crippen molar-refractivity contribution in [1.82, 2.24) is 9.78 Å². The summed E-state index contributed by atoms with van der Waals surface area (Å²) in [6.07, 6.45) is 0. The molecule has 2 rings (SSSR count). The number of nitrogens with one attached hydrogen (secondary N) is 1. The maximum Gasteiger partial charge on any atom is 0.267 e. The number of aromatic nitrogens is 2. The van der Waals surface area contributed by atoms with E-state index in [0.717, 1.165) is 18.2 Å². The number of nitrogens with two attached hydrogens (primary N) is 1. The Morgan fingerprint density at radius 3 is 2.70 bits per heavy atom. The van der Waals surface area contributed by atoms with Crippen LogP contribution in [0.4, 0.5) is 14.6 Å². The van der Waals surface area contributed by atoms with Crippen molar-refractivity contribution in [3.63, 3.8) is 0 Å². The lowest BCUT2D eigenvalue weighted by Gasteiger charge is -2.04. The van der Waals surface area contributed by atoms with E-state index in [1.807, 2.05) is 0 Å². The van der Waals surface area contributed by atoms with Gasteiger partial charge in [-0.3, -0.25) is 9.48 Å². The van der Waals surface area contributed by atoms with Crippen LogP contribution in [0.3, 0.4) is 0 Å². The third-order valence-electron chi connectivity index (χ3n) is 2.60. The van der Waals surface area contributed by atoms with Crippen molar-refractivity contribution in [2.45, 2.75) is 6.54 Å². The molecule has 5 nitrogen and oxygen atoms in total. The van der Waals surface area contributed by atoms with Crippen molar-refractivity contribution in [3.05, 3.63) is 47.2 Å². The highest BCUT2D eigenvalue weighted by Crippen LogP contribution is 2.13. The van der Waals surface area contributed by atoms with E-state index in [9.17, 15) is 13.6 Å². The molecule has 1 aromatic carbocycles. The fraction of sp³-hybridized carbons (Fsp3) is 0.167. The molecule has 1 aromatic heterocycles. The zero-order valence-corrected chi connectivity index (χ0v) is 11.4. The van der Waals surface area contributed by atoms with Crippen LogP contribution >= 0.6 is 12.4 Å². The standard InChI is InChI=1S/C12H12F2N4O.ClH/c1-18-10(12(15)19)5-11(17-18)16-6-7-4-8(13)2-3-9(7)14;/h2-5H,6H2,1H3,(H2,15,19)(H,16,17);1H. The third-order valence-corrected chi connectivity index (χ3v) is 2.60. The Morgan fingerprint density at radius 2 is 2.10 bits per heavy atom. The second-order valence-electron chi connectivity index (χ2n) is 3.99. The SMILES string of the molecule is Cl.Cn1nc(NCc2cc(F)ccc2F)cc1C(N)=O. The number of benzene rings is 1. The van der Waals surface area contributed by atoms with Crippen LogP contribution in [0.2, 0.25) is 0 Å². The first-order valence-corrected chi connectivity index (χ1v) is 5.49. The average molecular weight is 303 g/mol. The molecule has 1 heterocycles. The van der Waals surface area contributed by atoms with E-state index in [-0.39, 0.29) is 30.2 Å². The second-order valence-corrected chi connectivity index (χ2v) is 3.99. The van der Waals surface area contributed by atoms with Gasteiger partial charge in [0.1, 0.15) is 23.1 Å². The molecule has 0 atom stereocenters. The molecule has 0 saturated heterocycles. The topological polar surface area (TPSA) is 72.9 Å². The van der Waals surface area contributed by atoms with Crippen LogP contribution in [0.5, 0.6) is 0 Å². The van der Waals surface area contributed by atoms with E-state index in [4.69, 9.17) is 5.73 Å². The van der Waals surface area contributed by atoms with Gasteiger partial charge in [0.15, 0.2) is 0 Å². The average Bonchev–Trinajstić information content (AvgIpc) is 2.72. The van der Waals surface area contributed by atoms with Gasteiger partial charge in [-0.05, 0) is 18.2 Å². The number of nitrogens with zero attached hydrogens (tertiary/aromatic N) is 2. The lowest BCUT2D eigenvalue weighted by atomic mass is 10.2. The Kier molecular flexibility index (Phi) is 5.04. The number of carbonyl (C=O) groups is 1. The van der Waals surface area contributed by atoms with Gasteiger partial charge in [0, 0.05) is 25.2 Å². The molecule has 0 bridgehead atoms. The first kappa shape index (κ1) is 15.9. The predicted molar refractivity (Wildman–Crippen MR) is 72.7 cm³/mol. The zero-order chi connectivity index (χ0) is 14.0. The van der Waals surface area contributed by atoms with E-state index < -0.39 is 17.5 Å². The Morgan fingerprint density at radius 1 is 1.40 bits per heavy atom. The van der Waals surface area contributed by atoms with Crippen LogP contribution < -0.4 is 11.1 Å². The summed E-state index contributed by atoms with van der Waals surface area (Å²) >= 11 is 0. The molecule has 0 aliphatic heterocycles. The summed E-state index contributed by atoms with van der Waals surface area (Å²) in [5.74, 6) is -1.28. The summed E-state index contributed by atoms with van der Waals surface area (Å²) in [5.41, 5.74) is 5.54. The number of rotatable bonds is 4. The predicted octanol–water partition coefficient (Wildman–Crippen LogP) is 1.83. The number of hydrogen-bond acceptors (Lipinski definition) is 3. The summed E-state index contributed by atoms with van der Waals surface area (Å²) in [4.78, 5) is 11.0. The van der Waals surface area contributed by atoms with E-state index >= 15 is 0 Å². The van der Waals surface area contributed by atoms with Gasteiger partial charge in [0.2, 0.25) is 0 Å². The van der Waals surface area contributed by atoms with Crippen LogP contribution in [-0.2, 0) is 13.6 Å². The highest BCUT2D eigenvalue weighted by atomic mass is 35.5. The molecule has 0 radical (unpaired) electrons. The maximum absolute atomic E-state index is 13.4. The molecule has 2 aromatic rings. The van der Waals surface area contributed by atoms with Gasteiger partial charge < -0.3 is 11.1 Å². The van der Waals surface area contributed by atoms with Crippen molar-refractivity contribution in [2.75, 3.05) is 5.32 Å². The molecule has 0 fully saturated rings. The Hall–Kier alpha value is -2.15. The van der Waals surface area contributed by atoms with Gasteiger partial charge in [-0.15, -0.1) is 12.4 Å². The minimum atomic E-state index is -0.611. The summed E-state index contributed by atoms with van der Waals surface area (Å²) in [6, 6.07) is 4.64. The van der Waals surface area contributed by atoms with Gasteiger partial charge in [-0.25, -0.2) is 8.78 Å². The molecule has 8 heteroatoms. The molecule has 3 N–H and O–H groups in total. The summed E-state index contributed by atoms with van der Waals surface area (Å²) in [6.45, 7) is 0.0544. The highest BCUT2D eigenvalue weighted by Gasteiger charge is 2.10. The number of amides is 1. The van der Waals surface area contributed by atoms with Crippen LogP contribution in [0.1, 0.15) is 16.1 Å².